The van der Waals surface area contributed by atoms with Crippen LogP contribution in [-0.2, 0) is 32.7 Å². The standard InChI is InChI=1S/C34H45N2O2.Cu.F6P/c1-31(2,3)21-17-23(33(7,8)9)29(37)27(19-21)35-25-15-13-14-16-26(25)36-28-20-22(32(4,5)6)18-24(30(28)38)34(10,11)12;;1-7(2,3,4,5)6/h13-20,37H,1-12H3;;/q;+1;-1. The first-order valence-corrected chi connectivity index (χ1v) is 16.5. The Labute approximate surface area is 279 Å². The maximum atomic E-state index is 13.6. The number of halogens is 6. The van der Waals surface area contributed by atoms with Crippen molar-refractivity contribution in [3.05, 3.63) is 76.9 Å². The minimum Gasteiger partial charge on any atom is 1.00 e. The van der Waals surface area contributed by atoms with Crippen LogP contribution in [0.3, 0.4) is 0 Å². The largest absolute Gasteiger partial charge is 1.00 e. The maximum Gasteiger partial charge on any atom is 1.00 e. The Hall–Kier alpha value is -2.48. The molecule has 0 bridgehead atoms. The fourth-order valence-electron chi connectivity index (χ4n) is 4.31. The van der Waals surface area contributed by atoms with E-state index in [4.69, 9.17) is 9.98 Å². The molecule has 3 rings (SSSR count). The first-order chi connectivity index (χ1) is 19.6. The average Bonchev–Trinajstić information content (AvgIpc) is 2.77. The van der Waals surface area contributed by atoms with Crippen molar-refractivity contribution in [3.63, 3.8) is 0 Å². The monoisotopic (exact) mass is 721 g/mol. The number of benzene rings is 1. The maximum absolute atomic E-state index is 13.6. The van der Waals surface area contributed by atoms with Crippen LogP contribution in [0.5, 0.6) is 5.75 Å². The van der Waals surface area contributed by atoms with Gasteiger partial charge in [-0.1, -0.05) is 107 Å². The first-order valence-electron chi connectivity index (χ1n) is 14.5. The van der Waals surface area contributed by atoms with Crippen molar-refractivity contribution in [2.45, 2.75) is 93.9 Å². The van der Waals surface area contributed by atoms with E-state index >= 15 is 0 Å². The molecule has 0 unspecified atom stereocenters. The third kappa shape index (κ3) is 13.0. The molecular formula is C34H45CuF6N2O2P. The van der Waals surface area contributed by atoms with Crippen molar-refractivity contribution in [2.24, 2.45) is 20.8 Å². The number of carbonyl (C=O) groups is 1. The van der Waals surface area contributed by atoms with Gasteiger partial charge in [-0.3, -0.25) is 9.79 Å². The number of nitrogens with zero attached hydrogens (tertiary/aromatic N) is 2. The summed E-state index contributed by atoms with van der Waals surface area (Å²) in [6, 6.07) is 4.45. The predicted octanol–water partition coefficient (Wildman–Crippen LogP) is 12.1. The van der Waals surface area contributed by atoms with E-state index in [0.717, 1.165) is 22.3 Å². The summed E-state index contributed by atoms with van der Waals surface area (Å²) in [7, 11) is -10.7. The number of aliphatic imine (C=N–C) groups is 2. The van der Waals surface area contributed by atoms with Crippen LogP contribution < -0.4 is 0 Å². The van der Waals surface area contributed by atoms with Gasteiger partial charge in [-0.25, -0.2) is 4.99 Å². The molecule has 46 heavy (non-hydrogen) atoms. The molecule has 1 aromatic carbocycles. The molecule has 0 aliphatic heterocycles. The van der Waals surface area contributed by atoms with Gasteiger partial charge in [-0.15, -0.1) is 0 Å². The molecule has 1 radical (unpaired) electrons. The molecule has 1 aromatic rings. The summed E-state index contributed by atoms with van der Waals surface area (Å²) in [6.45, 7) is 25.3. The zero-order valence-corrected chi connectivity index (χ0v) is 30.2. The minimum absolute atomic E-state index is 0. The molecule has 1 N–H and O–H groups in total. The number of hydrogen-bond acceptors (Lipinski definition) is 4. The molecule has 0 amide bonds. The Morgan fingerprint density at radius 3 is 1.50 bits per heavy atom. The fraction of sp³-hybridized carbons (Fsp3) is 0.471. The number of aromatic hydroxyl groups is 1. The third-order valence-electron chi connectivity index (χ3n) is 6.87. The van der Waals surface area contributed by atoms with Crippen LogP contribution in [0.2, 0.25) is 0 Å². The van der Waals surface area contributed by atoms with E-state index in [2.05, 4.69) is 89.2 Å². The van der Waals surface area contributed by atoms with Crippen molar-refractivity contribution in [2.75, 3.05) is 0 Å². The summed E-state index contributed by atoms with van der Waals surface area (Å²) in [6.07, 6.45) is 11.5. The molecule has 0 heterocycles. The summed E-state index contributed by atoms with van der Waals surface area (Å²) in [5, 5.41) is 11.3. The van der Waals surface area contributed by atoms with E-state index in [-0.39, 0.29) is 50.3 Å². The van der Waals surface area contributed by atoms with Crippen molar-refractivity contribution in [1.29, 1.82) is 0 Å². The van der Waals surface area contributed by atoms with Gasteiger partial charge in [-0.2, -0.15) is 0 Å². The fourth-order valence-corrected chi connectivity index (χ4v) is 4.31. The number of phenols is 1. The zero-order chi connectivity index (χ0) is 35.3. The number of rotatable bonds is 2. The van der Waals surface area contributed by atoms with Crippen molar-refractivity contribution < 1.29 is 52.2 Å². The van der Waals surface area contributed by atoms with Gasteiger partial charge in [0.1, 0.15) is 11.4 Å². The van der Waals surface area contributed by atoms with Crippen LogP contribution in [0.1, 0.15) is 94.2 Å². The number of carbonyl (C=O) groups excluding carboxylic acids is 1. The second-order valence-electron chi connectivity index (χ2n) is 15.4. The molecular weight excluding hydrogens is 677 g/mol. The summed E-state index contributed by atoms with van der Waals surface area (Å²) in [5.41, 5.74) is 4.66. The van der Waals surface area contributed by atoms with Gasteiger partial charge in [0.15, 0.2) is 11.8 Å². The average molecular weight is 722 g/mol. The van der Waals surface area contributed by atoms with Gasteiger partial charge in [0, 0.05) is 11.1 Å². The summed E-state index contributed by atoms with van der Waals surface area (Å²) in [4.78, 5) is 23.3. The summed E-state index contributed by atoms with van der Waals surface area (Å²) >= 11 is 0. The van der Waals surface area contributed by atoms with Crippen LogP contribution in [0.4, 0.5) is 30.9 Å². The molecule has 261 valence electrons. The van der Waals surface area contributed by atoms with E-state index in [1.165, 1.54) is 0 Å². The number of ketones is 1. The normalized spacial score (nSPS) is 19.9. The molecule has 0 aromatic heterocycles. The van der Waals surface area contributed by atoms with Crippen molar-refractivity contribution >= 4 is 30.7 Å². The van der Waals surface area contributed by atoms with Gasteiger partial charge in [0.2, 0.25) is 0 Å². The van der Waals surface area contributed by atoms with Crippen LogP contribution >= 0.6 is 7.81 Å². The van der Waals surface area contributed by atoms with Crippen molar-refractivity contribution in [3.8, 4) is 5.75 Å². The predicted molar refractivity (Wildman–Crippen MR) is 175 cm³/mol. The van der Waals surface area contributed by atoms with Crippen LogP contribution in [0.15, 0.2) is 69.7 Å². The van der Waals surface area contributed by atoms with Gasteiger partial charge in [0.25, 0.3) is 0 Å². The molecule has 2 aliphatic rings. The van der Waals surface area contributed by atoms with Gasteiger partial charge < -0.3 is 5.11 Å². The van der Waals surface area contributed by atoms with E-state index in [1.54, 1.807) is 0 Å². The SMILES string of the molecule is CC(C)(C)C1=C[C](N=C2C=CC=CC2=Nc2cc(C(C)(C)C)cc(C(C)(C)C)c2O)C(=O)C(C(C)(C)C)=C1.F[P-](F)(F)(F)(F)F.[Cu+]. The number of hydrogen-bond donors (Lipinski definition) is 1. The van der Waals surface area contributed by atoms with Crippen LogP contribution in [-0.4, -0.2) is 22.3 Å². The second-order valence-corrected chi connectivity index (χ2v) is 17.4. The van der Waals surface area contributed by atoms with Gasteiger partial charge >= 0.3 is 50.1 Å². The van der Waals surface area contributed by atoms with E-state index in [0.29, 0.717) is 23.2 Å². The van der Waals surface area contributed by atoms with Crippen LogP contribution in [0, 0.1) is 16.9 Å². The smallest absolute Gasteiger partial charge is 1.00 e. The molecule has 0 spiro atoms. The molecule has 2 aliphatic carbocycles. The zero-order valence-electron chi connectivity index (χ0n) is 28.4. The van der Waals surface area contributed by atoms with E-state index in [1.807, 2.05) is 42.5 Å². The quantitative estimate of drug-likeness (QED) is 0.143. The molecule has 0 atom stereocenters. The molecule has 4 nitrogen and oxygen atoms in total. The van der Waals surface area contributed by atoms with E-state index < -0.39 is 7.81 Å². The Kier molecular flexibility index (Phi) is 11.3. The Morgan fingerprint density at radius 2 is 1.11 bits per heavy atom. The number of Topliss-reactive ketones (excluding diaryl/α,β-unsaturated/α-hetero) is 1. The third-order valence-corrected chi connectivity index (χ3v) is 6.87. The first kappa shape index (κ1) is 41.5. The number of allylic oxidation sites excluding steroid dienone is 6. The molecule has 0 fully saturated rings. The van der Waals surface area contributed by atoms with Gasteiger partial charge in [0.05, 0.1) is 11.4 Å². The molecule has 0 saturated heterocycles. The Balaban J connectivity index is 0.00000119. The van der Waals surface area contributed by atoms with E-state index in [9.17, 15) is 35.1 Å². The topological polar surface area (TPSA) is 62.0 Å². The minimum atomic E-state index is -10.7. The molecule has 0 saturated carbocycles. The number of phenolic OH excluding ortho intramolecular Hbond substituents is 1. The summed E-state index contributed by atoms with van der Waals surface area (Å²) in [5.74, 6) is 0.113. The summed E-state index contributed by atoms with van der Waals surface area (Å²) < 4.78 is 59.2. The molecule has 12 heteroatoms. The second kappa shape index (κ2) is 12.5. The Morgan fingerprint density at radius 1 is 0.652 bits per heavy atom. The van der Waals surface area contributed by atoms with Crippen LogP contribution in [0.25, 0.3) is 0 Å². The Bertz CT molecular complexity index is 1530. The van der Waals surface area contributed by atoms with Crippen molar-refractivity contribution in [1.82, 2.24) is 0 Å². The van der Waals surface area contributed by atoms with Gasteiger partial charge in [-0.05, 0) is 57.1 Å².